The summed E-state index contributed by atoms with van der Waals surface area (Å²) in [6.07, 6.45) is 0.874. The number of benzene rings is 1. The Morgan fingerprint density at radius 3 is 2.08 bits per heavy atom. The highest BCUT2D eigenvalue weighted by atomic mass is 35.5. The molecule has 3 amide bonds. The summed E-state index contributed by atoms with van der Waals surface area (Å²) >= 11 is 11.8. The Bertz CT molecular complexity index is 764. The monoisotopic (exact) mass is 398 g/mol. The standard InChI is InChI=1S/C17H16Cl2N2O5/c1-9(15(23)20-4-2-3-5-20)26-14(22)8-21-16(24)10-6-12(18)13(19)7-11(10)17(21)25/h6-7,9H,2-5,8H2,1H3/t9-/m0/s1. The lowest BCUT2D eigenvalue weighted by Crippen LogP contribution is -2.41. The second-order valence-electron chi connectivity index (χ2n) is 6.17. The van der Waals surface area contributed by atoms with Gasteiger partial charge in [0.2, 0.25) is 0 Å². The molecule has 0 aromatic heterocycles. The van der Waals surface area contributed by atoms with Gasteiger partial charge in [-0.2, -0.15) is 0 Å². The summed E-state index contributed by atoms with van der Waals surface area (Å²) in [6.45, 7) is 2.17. The normalized spacial score (nSPS) is 17.5. The highest BCUT2D eigenvalue weighted by molar-refractivity contribution is 6.43. The van der Waals surface area contributed by atoms with Crippen molar-refractivity contribution < 1.29 is 23.9 Å². The second-order valence-corrected chi connectivity index (χ2v) is 6.99. The fourth-order valence-corrected chi connectivity index (χ4v) is 3.36. The molecule has 1 aromatic carbocycles. The number of amides is 3. The van der Waals surface area contributed by atoms with E-state index >= 15 is 0 Å². The molecular weight excluding hydrogens is 383 g/mol. The summed E-state index contributed by atoms with van der Waals surface area (Å²) in [5.74, 6) is -2.42. The summed E-state index contributed by atoms with van der Waals surface area (Å²) in [5, 5.41) is 0.279. The van der Waals surface area contributed by atoms with Crippen LogP contribution in [0.25, 0.3) is 0 Å². The first kappa shape index (κ1) is 18.7. The summed E-state index contributed by atoms with van der Waals surface area (Å²) in [5.41, 5.74) is 0.164. The number of carbonyl (C=O) groups excluding carboxylic acids is 4. The first-order valence-corrected chi connectivity index (χ1v) is 8.88. The van der Waals surface area contributed by atoms with Gasteiger partial charge in [0.15, 0.2) is 6.10 Å². The first-order valence-electron chi connectivity index (χ1n) is 8.13. The van der Waals surface area contributed by atoms with Crippen molar-refractivity contribution in [2.45, 2.75) is 25.9 Å². The van der Waals surface area contributed by atoms with Gasteiger partial charge >= 0.3 is 5.97 Å². The summed E-state index contributed by atoms with van der Waals surface area (Å²) in [7, 11) is 0. The van der Waals surface area contributed by atoms with Gasteiger partial charge in [-0.25, -0.2) is 0 Å². The van der Waals surface area contributed by atoms with E-state index in [0.29, 0.717) is 13.1 Å². The van der Waals surface area contributed by atoms with E-state index in [9.17, 15) is 19.2 Å². The Morgan fingerprint density at radius 2 is 1.58 bits per heavy atom. The molecule has 1 aromatic rings. The third-order valence-corrected chi connectivity index (χ3v) is 5.09. The fourth-order valence-electron chi connectivity index (χ4n) is 3.04. The molecule has 138 valence electrons. The highest BCUT2D eigenvalue weighted by Crippen LogP contribution is 2.31. The Morgan fingerprint density at radius 1 is 1.08 bits per heavy atom. The zero-order valence-electron chi connectivity index (χ0n) is 14.0. The first-order chi connectivity index (χ1) is 12.3. The van der Waals surface area contributed by atoms with Crippen LogP contribution in [0.5, 0.6) is 0 Å². The van der Waals surface area contributed by atoms with Crippen LogP contribution in [0.2, 0.25) is 10.0 Å². The van der Waals surface area contributed by atoms with Crippen molar-refractivity contribution in [1.82, 2.24) is 9.80 Å². The van der Waals surface area contributed by atoms with Gasteiger partial charge in [0.25, 0.3) is 17.7 Å². The summed E-state index contributed by atoms with van der Waals surface area (Å²) < 4.78 is 5.10. The maximum Gasteiger partial charge on any atom is 0.326 e. The topological polar surface area (TPSA) is 84.0 Å². The van der Waals surface area contributed by atoms with Crippen molar-refractivity contribution in [3.8, 4) is 0 Å². The highest BCUT2D eigenvalue weighted by Gasteiger charge is 2.38. The van der Waals surface area contributed by atoms with Crippen molar-refractivity contribution in [3.05, 3.63) is 33.3 Å². The average molecular weight is 399 g/mol. The third kappa shape index (κ3) is 3.41. The lowest BCUT2D eigenvalue weighted by Gasteiger charge is -2.21. The van der Waals surface area contributed by atoms with Crippen molar-refractivity contribution in [2.24, 2.45) is 0 Å². The quantitative estimate of drug-likeness (QED) is 0.572. The van der Waals surface area contributed by atoms with E-state index in [4.69, 9.17) is 27.9 Å². The van der Waals surface area contributed by atoms with Gasteiger partial charge in [0.1, 0.15) is 6.54 Å². The molecule has 0 unspecified atom stereocenters. The smallest absolute Gasteiger partial charge is 0.326 e. The molecule has 0 saturated carbocycles. The van der Waals surface area contributed by atoms with Crippen LogP contribution in [0.1, 0.15) is 40.5 Å². The number of ether oxygens (including phenoxy) is 1. The molecule has 26 heavy (non-hydrogen) atoms. The Labute approximate surface area is 159 Å². The average Bonchev–Trinajstić information content (AvgIpc) is 3.20. The van der Waals surface area contributed by atoms with Crippen LogP contribution in [0.15, 0.2) is 12.1 Å². The summed E-state index contributed by atoms with van der Waals surface area (Å²) in [6, 6.07) is 2.59. The van der Waals surface area contributed by atoms with E-state index in [1.54, 1.807) is 4.90 Å². The molecule has 2 heterocycles. The van der Waals surface area contributed by atoms with Crippen LogP contribution in [0, 0.1) is 0 Å². The van der Waals surface area contributed by atoms with Gasteiger partial charge in [0.05, 0.1) is 21.2 Å². The number of imide groups is 1. The van der Waals surface area contributed by atoms with Crippen LogP contribution >= 0.6 is 23.2 Å². The molecule has 0 spiro atoms. The van der Waals surface area contributed by atoms with E-state index < -0.39 is 30.4 Å². The number of fused-ring (bicyclic) bond motifs is 1. The SMILES string of the molecule is C[C@H](OC(=O)CN1C(=O)c2cc(Cl)c(Cl)cc2C1=O)C(=O)N1CCCC1. The largest absolute Gasteiger partial charge is 0.451 e. The molecule has 0 aliphatic carbocycles. The van der Waals surface area contributed by atoms with Crippen LogP contribution in [0.4, 0.5) is 0 Å². The maximum absolute atomic E-state index is 12.4. The summed E-state index contributed by atoms with van der Waals surface area (Å²) in [4.78, 5) is 51.4. The molecule has 2 aliphatic heterocycles. The van der Waals surface area contributed by atoms with Gasteiger partial charge in [0, 0.05) is 13.1 Å². The molecule has 1 atom stereocenters. The number of nitrogens with zero attached hydrogens (tertiary/aromatic N) is 2. The van der Waals surface area contributed by atoms with Gasteiger partial charge in [-0.15, -0.1) is 0 Å². The van der Waals surface area contributed by atoms with Crippen molar-refractivity contribution in [3.63, 3.8) is 0 Å². The molecule has 2 aliphatic rings. The van der Waals surface area contributed by atoms with Gasteiger partial charge in [-0.1, -0.05) is 23.2 Å². The van der Waals surface area contributed by atoms with Crippen molar-refractivity contribution in [2.75, 3.05) is 19.6 Å². The second kappa shape index (κ2) is 7.25. The minimum Gasteiger partial charge on any atom is -0.451 e. The molecule has 7 nitrogen and oxygen atoms in total. The van der Waals surface area contributed by atoms with Crippen LogP contribution in [-0.2, 0) is 14.3 Å². The number of hydrogen-bond donors (Lipinski definition) is 0. The predicted octanol–water partition coefficient (Wildman–Crippen LogP) is 2.14. The Kier molecular flexibility index (Phi) is 5.20. The fraction of sp³-hybridized carbons (Fsp3) is 0.412. The van der Waals surface area contributed by atoms with E-state index in [2.05, 4.69) is 0 Å². The maximum atomic E-state index is 12.4. The molecular formula is C17H16Cl2N2O5. The predicted molar refractivity (Wildman–Crippen MR) is 93.2 cm³/mol. The van der Waals surface area contributed by atoms with Crippen LogP contribution < -0.4 is 0 Å². The molecule has 1 fully saturated rings. The number of halogens is 2. The molecule has 3 rings (SSSR count). The molecule has 0 N–H and O–H groups in total. The van der Waals surface area contributed by atoms with Gasteiger partial charge < -0.3 is 9.64 Å². The third-order valence-electron chi connectivity index (χ3n) is 4.37. The molecule has 0 bridgehead atoms. The molecule has 0 radical (unpaired) electrons. The minimum absolute atomic E-state index is 0.0818. The lowest BCUT2D eigenvalue weighted by molar-refractivity contribution is -0.158. The van der Waals surface area contributed by atoms with Crippen molar-refractivity contribution in [1.29, 1.82) is 0 Å². The molecule has 9 heteroatoms. The molecule has 1 saturated heterocycles. The number of hydrogen-bond acceptors (Lipinski definition) is 5. The number of esters is 1. The number of rotatable bonds is 4. The van der Waals surface area contributed by atoms with E-state index in [0.717, 1.165) is 17.7 Å². The Hall–Kier alpha value is -2.12. The van der Waals surface area contributed by atoms with Crippen molar-refractivity contribution >= 4 is 46.9 Å². The van der Waals surface area contributed by atoms with Crippen LogP contribution in [-0.4, -0.2) is 59.2 Å². The lowest BCUT2D eigenvalue weighted by atomic mass is 10.1. The zero-order valence-corrected chi connectivity index (χ0v) is 15.5. The van der Waals surface area contributed by atoms with Gasteiger partial charge in [-0.05, 0) is 31.9 Å². The van der Waals surface area contributed by atoms with E-state index in [-0.39, 0.29) is 27.1 Å². The van der Waals surface area contributed by atoms with E-state index in [1.165, 1.54) is 19.1 Å². The minimum atomic E-state index is -0.973. The number of likely N-dealkylation sites (tertiary alicyclic amines) is 1. The van der Waals surface area contributed by atoms with E-state index in [1.807, 2.05) is 0 Å². The number of carbonyl (C=O) groups is 4. The van der Waals surface area contributed by atoms with Crippen LogP contribution in [0.3, 0.4) is 0 Å². The van der Waals surface area contributed by atoms with Gasteiger partial charge in [-0.3, -0.25) is 24.1 Å². The zero-order chi connectivity index (χ0) is 19.0. The Balaban J connectivity index is 1.65.